The van der Waals surface area contributed by atoms with Crippen LogP contribution in [0.5, 0.6) is 0 Å². The Bertz CT molecular complexity index is 408. The maximum Gasteiger partial charge on any atom is 0.358 e. The van der Waals surface area contributed by atoms with Gasteiger partial charge in [0.05, 0.1) is 6.10 Å². The summed E-state index contributed by atoms with van der Waals surface area (Å²) in [6.07, 6.45) is 3.89. The zero-order valence-electron chi connectivity index (χ0n) is 10.4. The van der Waals surface area contributed by atoms with E-state index in [4.69, 9.17) is 15.2 Å². The number of aromatic nitrogens is 1. The molecule has 100 valence electrons. The Morgan fingerprint density at radius 1 is 1.56 bits per heavy atom. The summed E-state index contributed by atoms with van der Waals surface area (Å²) >= 11 is 1.38. The normalized spacial score (nSPS) is 23.9. The molecule has 0 amide bonds. The lowest BCUT2D eigenvalue weighted by Crippen LogP contribution is -2.29. The summed E-state index contributed by atoms with van der Waals surface area (Å²) in [7, 11) is 1.70. The van der Waals surface area contributed by atoms with Crippen molar-refractivity contribution in [2.45, 2.75) is 44.4 Å². The molecule has 1 saturated carbocycles. The molecule has 1 aromatic rings. The van der Waals surface area contributed by atoms with E-state index in [1.165, 1.54) is 11.3 Å². The number of thiazole rings is 1. The standard InChI is InChI=1S/C12H18N2O3S/c1-16-8-3-2-4-9(5-8)17-12(15)10-7-18-11(6-13)14-10/h7-9H,2-6,13H2,1H3. The van der Waals surface area contributed by atoms with E-state index in [2.05, 4.69) is 4.98 Å². The van der Waals surface area contributed by atoms with Crippen molar-refractivity contribution in [1.29, 1.82) is 0 Å². The van der Waals surface area contributed by atoms with E-state index in [0.29, 0.717) is 12.2 Å². The van der Waals surface area contributed by atoms with Gasteiger partial charge in [0.2, 0.25) is 0 Å². The summed E-state index contributed by atoms with van der Waals surface area (Å²) in [6.45, 7) is 0.354. The van der Waals surface area contributed by atoms with Crippen LogP contribution < -0.4 is 5.73 Å². The maximum absolute atomic E-state index is 11.9. The third-order valence-electron chi connectivity index (χ3n) is 3.12. The van der Waals surface area contributed by atoms with Crippen LogP contribution in [0.25, 0.3) is 0 Å². The first-order chi connectivity index (χ1) is 8.72. The van der Waals surface area contributed by atoms with Gasteiger partial charge in [-0.1, -0.05) is 0 Å². The zero-order valence-corrected chi connectivity index (χ0v) is 11.2. The largest absolute Gasteiger partial charge is 0.458 e. The topological polar surface area (TPSA) is 74.4 Å². The molecular weight excluding hydrogens is 252 g/mol. The minimum Gasteiger partial charge on any atom is -0.458 e. The second-order valence-electron chi connectivity index (χ2n) is 4.38. The molecule has 6 heteroatoms. The SMILES string of the molecule is COC1CCCC(OC(=O)c2csc(CN)n2)C1. The van der Waals surface area contributed by atoms with Gasteiger partial charge < -0.3 is 15.2 Å². The molecule has 18 heavy (non-hydrogen) atoms. The lowest BCUT2D eigenvalue weighted by molar-refractivity contribution is -0.0152. The van der Waals surface area contributed by atoms with Crippen LogP contribution in [-0.2, 0) is 16.0 Å². The number of hydrogen-bond donors (Lipinski definition) is 1. The van der Waals surface area contributed by atoms with E-state index >= 15 is 0 Å². The fourth-order valence-corrected chi connectivity index (χ4v) is 2.78. The van der Waals surface area contributed by atoms with Crippen LogP contribution in [-0.4, -0.2) is 30.3 Å². The molecule has 5 nitrogen and oxygen atoms in total. The van der Waals surface area contributed by atoms with Crippen LogP contribution in [0.2, 0.25) is 0 Å². The van der Waals surface area contributed by atoms with Gasteiger partial charge in [-0.15, -0.1) is 11.3 Å². The highest BCUT2D eigenvalue weighted by atomic mass is 32.1. The zero-order chi connectivity index (χ0) is 13.0. The number of hydrogen-bond acceptors (Lipinski definition) is 6. The van der Waals surface area contributed by atoms with Crippen LogP contribution in [0, 0.1) is 0 Å². The average Bonchev–Trinajstić information content (AvgIpc) is 2.88. The number of esters is 1. The molecule has 1 heterocycles. The molecule has 0 spiro atoms. The minimum absolute atomic E-state index is 0.0563. The van der Waals surface area contributed by atoms with E-state index < -0.39 is 0 Å². The first-order valence-electron chi connectivity index (χ1n) is 6.11. The van der Waals surface area contributed by atoms with Crippen LogP contribution in [0.15, 0.2) is 5.38 Å². The van der Waals surface area contributed by atoms with E-state index in [1.807, 2.05) is 0 Å². The second kappa shape index (κ2) is 6.26. The fraction of sp³-hybridized carbons (Fsp3) is 0.667. The van der Waals surface area contributed by atoms with Crippen molar-refractivity contribution in [2.24, 2.45) is 5.73 Å². The number of carbonyl (C=O) groups is 1. The van der Waals surface area contributed by atoms with Gasteiger partial charge in [-0.2, -0.15) is 0 Å². The van der Waals surface area contributed by atoms with Gasteiger partial charge in [-0.3, -0.25) is 0 Å². The Balaban J connectivity index is 1.90. The van der Waals surface area contributed by atoms with Crippen molar-refractivity contribution < 1.29 is 14.3 Å². The van der Waals surface area contributed by atoms with Gasteiger partial charge in [0.25, 0.3) is 0 Å². The highest BCUT2D eigenvalue weighted by Crippen LogP contribution is 2.24. The molecule has 0 bridgehead atoms. The molecule has 2 N–H and O–H groups in total. The van der Waals surface area contributed by atoms with Crippen LogP contribution in [0.3, 0.4) is 0 Å². The highest BCUT2D eigenvalue weighted by molar-refractivity contribution is 7.09. The summed E-state index contributed by atoms with van der Waals surface area (Å²) < 4.78 is 10.8. The molecule has 0 aliphatic heterocycles. The second-order valence-corrected chi connectivity index (χ2v) is 5.32. The van der Waals surface area contributed by atoms with Crippen molar-refractivity contribution in [3.63, 3.8) is 0 Å². The smallest absolute Gasteiger partial charge is 0.358 e. The predicted molar refractivity (Wildman–Crippen MR) is 68.5 cm³/mol. The lowest BCUT2D eigenvalue weighted by Gasteiger charge is -2.27. The first kappa shape index (κ1) is 13.5. The molecule has 2 atom stereocenters. The maximum atomic E-state index is 11.9. The van der Waals surface area contributed by atoms with Crippen LogP contribution in [0.1, 0.15) is 41.2 Å². The number of rotatable bonds is 4. The van der Waals surface area contributed by atoms with Gasteiger partial charge in [-0.05, 0) is 19.3 Å². The molecule has 2 rings (SSSR count). The van der Waals surface area contributed by atoms with E-state index in [9.17, 15) is 4.79 Å². The van der Waals surface area contributed by atoms with Crippen LogP contribution in [0.4, 0.5) is 0 Å². The predicted octanol–water partition coefficient (Wildman–Crippen LogP) is 1.72. The summed E-state index contributed by atoms with van der Waals surface area (Å²) in [4.78, 5) is 16.0. The van der Waals surface area contributed by atoms with E-state index in [-0.39, 0.29) is 18.2 Å². The molecule has 1 aliphatic rings. The van der Waals surface area contributed by atoms with Gasteiger partial charge in [0, 0.05) is 25.5 Å². The third-order valence-corrected chi connectivity index (χ3v) is 3.99. The number of nitrogens with zero attached hydrogens (tertiary/aromatic N) is 1. The Morgan fingerprint density at radius 3 is 3.00 bits per heavy atom. The number of carbonyl (C=O) groups excluding carboxylic acids is 1. The van der Waals surface area contributed by atoms with E-state index in [1.54, 1.807) is 12.5 Å². The fourth-order valence-electron chi connectivity index (χ4n) is 2.13. The first-order valence-corrected chi connectivity index (χ1v) is 6.99. The summed E-state index contributed by atoms with van der Waals surface area (Å²) in [5.74, 6) is -0.354. The summed E-state index contributed by atoms with van der Waals surface area (Å²) in [6, 6.07) is 0. The third kappa shape index (κ3) is 3.28. The molecular formula is C12H18N2O3S. The number of ether oxygens (including phenoxy) is 2. The Hall–Kier alpha value is -0.980. The Morgan fingerprint density at radius 2 is 2.33 bits per heavy atom. The molecule has 1 aliphatic carbocycles. The highest BCUT2D eigenvalue weighted by Gasteiger charge is 2.25. The monoisotopic (exact) mass is 270 g/mol. The van der Waals surface area contributed by atoms with Gasteiger partial charge in [0.15, 0.2) is 5.69 Å². The lowest BCUT2D eigenvalue weighted by atomic mass is 9.95. The van der Waals surface area contributed by atoms with Crippen LogP contribution >= 0.6 is 11.3 Å². The van der Waals surface area contributed by atoms with E-state index in [0.717, 1.165) is 30.7 Å². The van der Waals surface area contributed by atoms with Crippen molar-refractivity contribution in [3.8, 4) is 0 Å². The van der Waals surface area contributed by atoms with Crippen molar-refractivity contribution in [1.82, 2.24) is 4.98 Å². The molecule has 2 unspecified atom stereocenters. The molecule has 0 saturated heterocycles. The van der Waals surface area contributed by atoms with Crippen molar-refractivity contribution in [2.75, 3.05) is 7.11 Å². The molecule has 1 aromatic heterocycles. The number of methoxy groups -OCH3 is 1. The number of nitrogens with two attached hydrogens (primary N) is 1. The molecule has 0 aromatic carbocycles. The van der Waals surface area contributed by atoms with Gasteiger partial charge in [0.1, 0.15) is 11.1 Å². The summed E-state index contributed by atoms with van der Waals surface area (Å²) in [5, 5.41) is 2.45. The Labute approximate surface area is 110 Å². The summed E-state index contributed by atoms with van der Waals surface area (Å²) in [5.41, 5.74) is 5.82. The molecule has 1 fully saturated rings. The average molecular weight is 270 g/mol. The Kier molecular flexibility index (Phi) is 4.68. The van der Waals surface area contributed by atoms with Gasteiger partial charge in [-0.25, -0.2) is 9.78 Å². The van der Waals surface area contributed by atoms with Gasteiger partial charge >= 0.3 is 5.97 Å². The quantitative estimate of drug-likeness (QED) is 0.843. The molecule has 0 radical (unpaired) electrons. The van der Waals surface area contributed by atoms with Crippen molar-refractivity contribution in [3.05, 3.63) is 16.1 Å². The minimum atomic E-state index is -0.354. The van der Waals surface area contributed by atoms with Crippen molar-refractivity contribution >= 4 is 17.3 Å².